The highest BCUT2D eigenvalue weighted by Crippen LogP contribution is 2.18. The minimum absolute atomic E-state index is 0.119. The van der Waals surface area contributed by atoms with E-state index in [-0.39, 0.29) is 6.61 Å². The standard InChI is InChI=1S/C13H17NOS/c1-16-8-2-6-14-7-5-12-9-11(10-15)3-4-13(12)14/h3-5,7,9,15H,2,6,8,10H2,1H3. The van der Waals surface area contributed by atoms with Crippen LogP contribution in [0.25, 0.3) is 10.9 Å². The molecule has 0 spiro atoms. The molecule has 0 unspecified atom stereocenters. The zero-order valence-electron chi connectivity index (χ0n) is 9.52. The molecule has 0 aliphatic carbocycles. The van der Waals surface area contributed by atoms with Gasteiger partial charge in [0.1, 0.15) is 0 Å². The van der Waals surface area contributed by atoms with Gasteiger partial charge in [-0.1, -0.05) is 6.07 Å². The van der Waals surface area contributed by atoms with E-state index >= 15 is 0 Å². The Labute approximate surface area is 100 Å². The number of nitrogens with zero attached hydrogens (tertiary/aromatic N) is 1. The summed E-state index contributed by atoms with van der Waals surface area (Å²) in [6.07, 6.45) is 5.47. The first-order chi connectivity index (χ1) is 7.85. The summed E-state index contributed by atoms with van der Waals surface area (Å²) in [4.78, 5) is 0. The number of aryl methyl sites for hydroxylation is 1. The highest BCUT2D eigenvalue weighted by atomic mass is 32.2. The summed E-state index contributed by atoms with van der Waals surface area (Å²) >= 11 is 1.89. The van der Waals surface area contributed by atoms with Gasteiger partial charge in [-0.05, 0) is 47.6 Å². The van der Waals surface area contributed by atoms with Gasteiger partial charge in [0.25, 0.3) is 0 Å². The van der Waals surface area contributed by atoms with E-state index in [1.807, 2.05) is 17.8 Å². The zero-order valence-corrected chi connectivity index (χ0v) is 10.3. The Morgan fingerprint density at radius 1 is 1.31 bits per heavy atom. The number of thioether (sulfide) groups is 1. The van der Waals surface area contributed by atoms with E-state index in [1.165, 1.54) is 23.1 Å². The number of benzene rings is 1. The van der Waals surface area contributed by atoms with Crippen LogP contribution in [0.3, 0.4) is 0 Å². The van der Waals surface area contributed by atoms with Crippen LogP contribution >= 0.6 is 11.8 Å². The van der Waals surface area contributed by atoms with Crippen molar-refractivity contribution in [3.05, 3.63) is 36.0 Å². The molecule has 1 aromatic carbocycles. The minimum Gasteiger partial charge on any atom is -0.392 e. The van der Waals surface area contributed by atoms with Gasteiger partial charge in [0.15, 0.2) is 0 Å². The molecule has 2 aromatic rings. The van der Waals surface area contributed by atoms with E-state index < -0.39 is 0 Å². The van der Waals surface area contributed by atoms with Crippen LogP contribution in [-0.2, 0) is 13.2 Å². The molecule has 0 saturated heterocycles. The molecule has 0 aliphatic heterocycles. The topological polar surface area (TPSA) is 25.2 Å². The molecule has 3 heteroatoms. The van der Waals surface area contributed by atoms with Crippen LogP contribution in [0.5, 0.6) is 0 Å². The highest BCUT2D eigenvalue weighted by molar-refractivity contribution is 7.98. The quantitative estimate of drug-likeness (QED) is 0.806. The second-order valence-electron chi connectivity index (χ2n) is 3.91. The molecule has 1 N–H and O–H groups in total. The smallest absolute Gasteiger partial charge is 0.0682 e. The molecule has 1 heterocycles. The molecule has 0 atom stereocenters. The van der Waals surface area contributed by atoms with Crippen LogP contribution in [0.1, 0.15) is 12.0 Å². The van der Waals surface area contributed by atoms with Gasteiger partial charge < -0.3 is 9.67 Å². The number of hydrogen-bond acceptors (Lipinski definition) is 2. The van der Waals surface area contributed by atoms with Crippen molar-refractivity contribution in [3.63, 3.8) is 0 Å². The van der Waals surface area contributed by atoms with Gasteiger partial charge in [0.05, 0.1) is 6.61 Å². The Morgan fingerprint density at radius 2 is 2.19 bits per heavy atom. The third kappa shape index (κ3) is 2.42. The monoisotopic (exact) mass is 235 g/mol. The number of aliphatic hydroxyl groups excluding tert-OH is 1. The van der Waals surface area contributed by atoms with Crippen LogP contribution < -0.4 is 0 Å². The van der Waals surface area contributed by atoms with E-state index in [1.54, 1.807) is 0 Å². The summed E-state index contributed by atoms with van der Waals surface area (Å²) in [5.41, 5.74) is 2.24. The molecule has 0 aliphatic rings. The third-order valence-electron chi connectivity index (χ3n) is 2.77. The minimum atomic E-state index is 0.119. The summed E-state index contributed by atoms with van der Waals surface area (Å²) in [6.45, 7) is 1.19. The van der Waals surface area contributed by atoms with E-state index in [0.29, 0.717) is 0 Å². The maximum absolute atomic E-state index is 9.07. The van der Waals surface area contributed by atoms with Crippen molar-refractivity contribution in [2.45, 2.75) is 19.6 Å². The lowest BCUT2D eigenvalue weighted by atomic mass is 10.2. The van der Waals surface area contributed by atoms with E-state index in [0.717, 1.165) is 12.1 Å². The second-order valence-corrected chi connectivity index (χ2v) is 4.89. The summed E-state index contributed by atoms with van der Waals surface area (Å²) in [6, 6.07) is 8.27. The van der Waals surface area contributed by atoms with Crippen LogP contribution in [0.2, 0.25) is 0 Å². The highest BCUT2D eigenvalue weighted by Gasteiger charge is 2.01. The predicted octanol–water partition coefficient (Wildman–Crippen LogP) is 2.89. The molecular formula is C13H17NOS. The van der Waals surface area contributed by atoms with Crippen molar-refractivity contribution in [3.8, 4) is 0 Å². The van der Waals surface area contributed by atoms with E-state index in [2.05, 4.69) is 35.2 Å². The predicted molar refractivity (Wildman–Crippen MR) is 70.9 cm³/mol. The molecule has 2 rings (SSSR count). The van der Waals surface area contributed by atoms with E-state index in [4.69, 9.17) is 5.11 Å². The molecule has 0 bridgehead atoms. The van der Waals surface area contributed by atoms with Crippen LogP contribution in [0, 0.1) is 0 Å². The average molecular weight is 235 g/mol. The average Bonchev–Trinajstić information content (AvgIpc) is 2.72. The number of rotatable bonds is 5. The fourth-order valence-electron chi connectivity index (χ4n) is 1.92. The maximum atomic E-state index is 9.07. The van der Waals surface area contributed by atoms with Crippen molar-refractivity contribution in [2.24, 2.45) is 0 Å². The summed E-state index contributed by atoms with van der Waals surface area (Å²) in [5, 5.41) is 10.3. The van der Waals surface area contributed by atoms with Crippen molar-refractivity contribution in [1.82, 2.24) is 4.57 Å². The molecule has 16 heavy (non-hydrogen) atoms. The SMILES string of the molecule is CSCCCn1ccc2cc(CO)ccc21. The van der Waals surface area contributed by atoms with E-state index in [9.17, 15) is 0 Å². The van der Waals surface area contributed by atoms with Gasteiger partial charge in [-0.3, -0.25) is 0 Å². The van der Waals surface area contributed by atoms with Crippen molar-refractivity contribution in [1.29, 1.82) is 0 Å². The van der Waals surface area contributed by atoms with Crippen LogP contribution in [0.15, 0.2) is 30.5 Å². The molecular weight excluding hydrogens is 218 g/mol. The second kappa shape index (κ2) is 5.41. The molecule has 86 valence electrons. The Hall–Kier alpha value is -0.930. The Kier molecular flexibility index (Phi) is 3.91. The van der Waals surface area contributed by atoms with Crippen LogP contribution in [0.4, 0.5) is 0 Å². The maximum Gasteiger partial charge on any atom is 0.0682 e. The molecule has 0 saturated carbocycles. The Balaban J connectivity index is 2.20. The van der Waals surface area contributed by atoms with Gasteiger partial charge in [-0.25, -0.2) is 0 Å². The molecule has 1 aromatic heterocycles. The summed E-state index contributed by atoms with van der Waals surface area (Å²) < 4.78 is 2.28. The molecule has 2 nitrogen and oxygen atoms in total. The number of aliphatic hydroxyl groups is 1. The fourth-order valence-corrected chi connectivity index (χ4v) is 2.34. The number of hydrogen-bond donors (Lipinski definition) is 1. The summed E-state index contributed by atoms with van der Waals surface area (Å²) in [5.74, 6) is 1.20. The zero-order chi connectivity index (χ0) is 11.4. The Morgan fingerprint density at radius 3 is 2.94 bits per heavy atom. The van der Waals surface area contributed by atoms with Gasteiger partial charge in [0, 0.05) is 18.3 Å². The normalized spacial score (nSPS) is 11.1. The number of aromatic nitrogens is 1. The number of fused-ring (bicyclic) bond motifs is 1. The van der Waals surface area contributed by atoms with Crippen molar-refractivity contribution in [2.75, 3.05) is 12.0 Å². The molecule has 0 fully saturated rings. The van der Waals surface area contributed by atoms with Crippen molar-refractivity contribution >= 4 is 22.7 Å². The fraction of sp³-hybridized carbons (Fsp3) is 0.385. The van der Waals surface area contributed by atoms with Gasteiger partial charge in [0.2, 0.25) is 0 Å². The van der Waals surface area contributed by atoms with Crippen molar-refractivity contribution < 1.29 is 5.11 Å². The molecule has 0 radical (unpaired) electrons. The lowest BCUT2D eigenvalue weighted by Crippen LogP contribution is -1.97. The molecule has 0 amide bonds. The largest absolute Gasteiger partial charge is 0.392 e. The Bertz CT molecular complexity index is 464. The first kappa shape index (κ1) is 11.6. The van der Waals surface area contributed by atoms with Gasteiger partial charge >= 0.3 is 0 Å². The third-order valence-corrected chi connectivity index (χ3v) is 3.46. The van der Waals surface area contributed by atoms with Crippen LogP contribution in [-0.4, -0.2) is 21.7 Å². The van der Waals surface area contributed by atoms with Gasteiger partial charge in [-0.2, -0.15) is 11.8 Å². The first-order valence-corrected chi connectivity index (χ1v) is 6.92. The van der Waals surface area contributed by atoms with Gasteiger partial charge in [-0.15, -0.1) is 0 Å². The summed E-state index contributed by atoms with van der Waals surface area (Å²) in [7, 11) is 0. The lowest BCUT2D eigenvalue weighted by Gasteiger charge is -2.05. The first-order valence-electron chi connectivity index (χ1n) is 5.52. The lowest BCUT2D eigenvalue weighted by molar-refractivity contribution is 0.282.